The summed E-state index contributed by atoms with van der Waals surface area (Å²) in [6, 6.07) is 25.6. The van der Waals surface area contributed by atoms with Gasteiger partial charge >= 0.3 is 0 Å². The molecule has 5 aromatic rings. The maximum absolute atomic E-state index is 11.7. The predicted molar refractivity (Wildman–Crippen MR) is 216 cm³/mol. The largest absolute Gasteiger partial charge is 0.512 e. The van der Waals surface area contributed by atoms with Crippen molar-refractivity contribution in [3.8, 4) is 11.3 Å². The van der Waals surface area contributed by atoms with Crippen LogP contribution in [-0.4, -0.2) is 20.9 Å². The third kappa shape index (κ3) is 9.39. The topological polar surface area (TPSA) is 63.1 Å². The zero-order valence-corrected chi connectivity index (χ0v) is 35.3. The summed E-state index contributed by atoms with van der Waals surface area (Å²) in [5.41, 5.74) is 6.20. The average Bonchev–Trinajstić information content (AvgIpc) is 3.11. The van der Waals surface area contributed by atoms with E-state index in [0.717, 1.165) is 53.2 Å². The Kier molecular flexibility index (Phi) is 14.0. The van der Waals surface area contributed by atoms with E-state index in [-0.39, 0.29) is 48.9 Å². The fourth-order valence-electron chi connectivity index (χ4n) is 7.78. The smallest absolute Gasteiger partial charge is 0.162 e. The van der Waals surface area contributed by atoms with Gasteiger partial charge in [-0.15, -0.1) is 29.1 Å². The van der Waals surface area contributed by atoms with Crippen molar-refractivity contribution in [2.45, 2.75) is 125 Å². The van der Waals surface area contributed by atoms with Crippen LogP contribution in [-0.2, 0) is 30.3 Å². The summed E-state index contributed by atoms with van der Waals surface area (Å²) < 4.78 is 0. The van der Waals surface area contributed by atoms with Crippen molar-refractivity contribution in [1.29, 1.82) is 0 Å². The number of rotatable bonds is 9. The summed E-state index contributed by atoms with van der Waals surface area (Å²) in [6.07, 6.45) is 11.9. The number of hydrogen-bond donors (Lipinski definition) is 1. The van der Waals surface area contributed by atoms with Crippen LogP contribution in [0.25, 0.3) is 43.7 Å². The SMILES string of the molecule is CC1(C)CCC(c2ccc3c(ccc4c(-c5[c-]c6ccccc6c(C(C)(C)C)c5)nccc43)n2)CC1.CCC(CC)C(=O)/C=C(\O)C(CC)CC.[Ir]. The molecule has 6 rings (SSSR count). The number of carbonyl (C=O) groups is 1. The van der Waals surface area contributed by atoms with Gasteiger partial charge in [0.1, 0.15) is 0 Å². The number of aliphatic hydroxyl groups excluding tert-OH is 1. The Hall–Kier alpha value is -3.40. The number of aromatic nitrogens is 2. The normalized spacial score (nSPS) is 15.2. The van der Waals surface area contributed by atoms with Crippen molar-refractivity contribution in [2.24, 2.45) is 17.3 Å². The van der Waals surface area contributed by atoms with Crippen LogP contribution < -0.4 is 0 Å². The molecule has 1 saturated carbocycles. The molecule has 2 heterocycles. The molecule has 1 aliphatic carbocycles. The number of ketones is 1. The molecule has 0 amide bonds. The number of aliphatic hydroxyl groups is 1. The van der Waals surface area contributed by atoms with Gasteiger partial charge in [0.15, 0.2) is 5.78 Å². The van der Waals surface area contributed by atoms with Crippen LogP contribution in [0.15, 0.2) is 78.7 Å². The van der Waals surface area contributed by atoms with E-state index in [4.69, 9.17) is 9.97 Å². The first-order valence-electron chi connectivity index (χ1n) is 19.4. The van der Waals surface area contributed by atoms with Crippen LogP contribution in [0.1, 0.15) is 131 Å². The molecule has 0 bridgehead atoms. The zero-order valence-electron chi connectivity index (χ0n) is 32.9. The van der Waals surface area contributed by atoms with Crippen LogP contribution in [0, 0.1) is 23.3 Å². The summed E-state index contributed by atoms with van der Waals surface area (Å²) in [6.45, 7) is 19.7. The van der Waals surface area contributed by atoms with Gasteiger partial charge in [0, 0.05) is 66.9 Å². The molecule has 4 nitrogen and oxygen atoms in total. The van der Waals surface area contributed by atoms with Crippen molar-refractivity contribution < 1.29 is 30.0 Å². The van der Waals surface area contributed by atoms with E-state index in [1.54, 1.807) is 0 Å². The van der Waals surface area contributed by atoms with E-state index in [2.05, 4.69) is 101 Å². The summed E-state index contributed by atoms with van der Waals surface area (Å²) in [7, 11) is 0. The van der Waals surface area contributed by atoms with Crippen LogP contribution >= 0.6 is 0 Å². The molecular formula is C47H59IrN2O2-. The molecule has 1 N–H and O–H groups in total. The molecule has 0 unspecified atom stereocenters. The predicted octanol–water partition coefficient (Wildman–Crippen LogP) is 13.3. The number of nitrogens with zero attached hydrogens (tertiary/aromatic N) is 2. The van der Waals surface area contributed by atoms with E-state index in [0.29, 0.717) is 11.3 Å². The third-order valence-electron chi connectivity index (χ3n) is 11.3. The van der Waals surface area contributed by atoms with E-state index < -0.39 is 0 Å². The van der Waals surface area contributed by atoms with Crippen LogP contribution in [0.3, 0.4) is 0 Å². The second-order valence-corrected chi connectivity index (χ2v) is 16.5. The second kappa shape index (κ2) is 17.6. The number of benzene rings is 3. The first kappa shape index (κ1) is 41.4. The Labute approximate surface area is 326 Å². The van der Waals surface area contributed by atoms with Crippen molar-refractivity contribution in [3.63, 3.8) is 0 Å². The summed E-state index contributed by atoms with van der Waals surface area (Å²) >= 11 is 0. The molecule has 1 radical (unpaired) electrons. The summed E-state index contributed by atoms with van der Waals surface area (Å²) in [5, 5.41) is 15.7. The fraction of sp³-hybridized carbons (Fsp3) is 0.468. The first-order chi connectivity index (χ1) is 24.3. The number of hydrogen-bond acceptors (Lipinski definition) is 4. The molecule has 52 heavy (non-hydrogen) atoms. The number of pyridine rings is 2. The first-order valence-corrected chi connectivity index (χ1v) is 19.4. The molecule has 0 atom stereocenters. The molecule has 0 spiro atoms. The molecular weight excluding hydrogens is 817 g/mol. The summed E-state index contributed by atoms with van der Waals surface area (Å²) in [5.74, 6) is 1.13. The van der Waals surface area contributed by atoms with E-state index in [1.165, 1.54) is 59.2 Å². The minimum absolute atomic E-state index is 0. The van der Waals surface area contributed by atoms with Crippen LogP contribution in [0.2, 0.25) is 0 Å². The minimum atomic E-state index is 0. The van der Waals surface area contributed by atoms with Gasteiger partial charge in [-0.3, -0.25) is 14.8 Å². The maximum Gasteiger partial charge on any atom is 0.162 e. The van der Waals surface area contributed by atoms with Gasteiger partial charge in [0.25, 0.3) is 0 Å². The molecule has 2 aromatic heterocycles. The fourth-order valence-corrected chi connectivity index (χ4v) is 7.78. The van der Waals surface area contributed by atoms with Crippen LogP contribution in [0.4, 0.5) is 0 Å². The molecule has 5 heteroatoms. The van der Waals surface area contributed by atoms with Gasteiger partial charge < -0.3 is 5.11 Å². The van der Waals surface area contributed by atoms with Gasteiger partial charge in [-0.05, 0) is 91.2 Å². The number of fused-ring (bicyclic) bond motifs is 4. The van der Waals surface area contributed by atoms with Crippen molar-refractivity contribution in [3.05, 3.63) is 96.0 Å². The van der Waals surface area contributed by atoms with E-state index >= 15 is 0 Å². The number of carbonyl (C=O) groups excluding carboxylic acids is 1. The number of allylic oxidation sites excluding steroid dienone is 2. The molecule has 0 aliphatic heterocycles. The van der Waals surface area contributed by atoms with Crippen LogP contribution in [0.5, 0.6) is 0 Å². The Balaban J connectivity index is 0.000000323. The Bertz CT molecular complexity index is 2000. The second-order valence-electron chi connectivity index (χ2n) is 16.5. The standard InChI is InChI=1S/C34H35N2.C13H24O2.Ir/c1-33(2,3)29-21-24(20-23-8-6-7-9-25(23)29)32-28-11-13-31-27(26(28)16-19-35-32)10-12-30(36-31)22-14-17-34(4,5)18-15-22;1-5-10(6-2)12(14)9-13(15)11(7-3)8-4;/h6-13,16,19,21-22H,14-15,17-18H2,1-5H3;9-11,14H,5-8H2,1-4H3;/q-1;;/b;12-9-;. The van der Waals surface area contributed by atoms with Gasteiger partial charge in [-0.2, -0.15) is 0 Å². The monoisotopic (exact) mass is 876 g/mol. The maximum atomic E-state index is 11.7. The van der Waals surface area contributed by atoms with Gasteiger partial charge in [-0.25, -0.2) is 0 Å². The van der Waals surface area contributed by atoms with E-state index in [9.17, 15) is 9.90 Å². The summed E-state index contributed by atoms with van der Waals surface area (Å²) in [4.78, 5) is 21.7. The van der Waals surface area contributed by atoms with Crippen molar-refractivity contribution in [2.75, 3.05) is 0 Å². The average molecular weight is 876 g/mol. The van der Waals surface area contributed by atoms with Gasteiger partial charge in [0.05, 0.1) is 11.3 Å². The Morgan fingerprint density at radius 2 is 1.50 bits per heavy atom. The molecule has 1 aliphatic rings. The molecule has 279 valence electrons. The minimum Gasteiger partial charge on any atom is -0.512 e. The van der Waals surface area contributed by atoms with Gasteiger partial charge in [-0.1, -0.05) is 104 Å². The molecule has 1 fully saturated rings. The Morgan fingerprint density at radius 3 is 2.13 bits per heavy atom. The van der Waals surface area contributed by atoms with Gasteiger partial charge in [0.2, 0.25) is 0 Å². The van der Waals surface area contributed by atoms with Crippen molar-refractivity contribution in [1.82, 2.24) is 9.97 Å². The molecule has 3 aromatic carbocycles. The Morgan fingerprint density at radius 1 is 0.865 bits per heavy atom. The zero-order chi connectivity index (χ0) is 36.9. The van der Waals surface area contributed by atoms with E-state index in [1.807, 2.05) is 33.9 Å². The quantitative estimate of drug-likeness (QED) is 0.0693. The van der Waals surface area contributed by atoms with Crippen molar-refractivity contribution >= 4 is 38.2 Å². The molecule has 0 saturated heterocycles. The third-order valence-corrected chi connectivity index (χ3v) is 11.3.